The molecular weight excluding hydrogens is 408 g/mol. The van der Waals surface area contributed by atoms with Gasteiger partial charge in [0.1, 0.15) is 0 Å². The monoisotopic (exact) mass is 460 g/mol. The van der Waals surface area contributed by atoms with Crippen LogP contribution in [0.4, 0.5) is 9.59 Å². The molecule has 0 N–H and O–H groups in total. The van der Waals surface area contributed by atoms with Crippen LogP contribution in [0.15, 0.2) is 0 Å². The zero-order valence-electron chi connectivity index (χ0n) is 21.6. The Labute approximate surface area is 198 Å². The summed E-state index contributed by atoms with van der Waals surface area (Å²) < 4.78 is 19.7. The fourth-order valence-electron chi connectivity index (χ4n) is 2.82. The van der Waals surface area contributed by atoms with Crippen LogP contribution in [0.5, 0.6) is 0 Å². The zero-order chi connectivity index (χ0) is 24.1. The summed E-state index contributed by atoms with van der Waals surface area (Å²) in [6.07, 6.45) is 16.9. The SMILES string of the molecule is CCCCCCOC(=O)OCCCCCC.CCCCCCOC(=O)OCCCCCC. The van der Waals surface area contributed by atoms with Crippen LogP contribution in [0.2, 0.25) is 0 Å². The number of unbranched alkanes of at least 4 members (excludes halogenated alkanes) is 12. The molecule has 0 rings (SSSR count). The number of hydrogen-bond donors (Lipinski definition) is 0. The molecule has 0 heterocycles. The third kappa shape index (κ3) is 30.7. The molecule has 32 heavy (non-hydrogen) atoms. The quantitative estimate of drug-likeness (QED) is 0.134. The number of hydrogen-bond acceptors (Lipinski definition) is 6. The minimum Gasteiger partial charge on any atom is -0.434 e. The van der Waals surface area contributed by atoms with Crippen molar-refractivity contribution in [1.29, 1.82) is 0 Å². The molecule has 0 saturated heterocycles. The third-order valence-electron chi connectivity index (χ3n) is 4.87. The fourth-order valence-corrected chi connectivity index (χ4v) is 2.82. The van der Waals surface area contributed by atoms with E-state index in [-0.39, 0.29) is 0 Å². The maximum absolute atomic E-state index is 11.1. The molecule has 0 atom stereocenters. The summed E-state index contributed by atoms with van der Waals surface area (Å²) in [7, 11) is 0. The van der Waals surface area contributed by atoms with Gasteiger partial charge >= 0.3 is 12.3 Å². The van der Waals surface area contributed by atoms with E-state index in [9.17, 15) is 9.59 Å². The van der Waals surface area contributed by atoms with E-state index in [0.29, 0.717) is 26.4 Å². The highest BCUT2D eigenvalue weighted by atomic mass is 16.7. The molecule has 6 nitrogen and oxygen atoms in total. The summed E-state index contributed by atoms with van der Waals surface area (Å²) in [4.78, 5) is 22.1. The first-order chi connectivity index (χ1) is 15.6. The Morgan fingerprint density at radius 3 is 0.781 bits per heavy atom. The van der Waals surface area contributed by atoms with Gasteiger partial charge in [0, 0.05) is 0 Å². The van der Waals surface area contributed by atoms with Crippen LogP contribution in [-0.4, -0.2) is 38.7 Å². The van der Waals surface area contributed by atoms with E-state index >= 15 is 0 Å². The highest BCUT2D eigenvalue weighted by Crippen LogP contribution is 2.03. The Kier molecular flexibility index (Phi) is 30.2. The third-order valence-corrected chi connectivity index (χ3v) is 4.87. The smallest absolute Gasteiger partial charge is 0.434 e. The van der Waals surface area contributed by atoms with Gasteiger partial charge in [0.05, 0.1) is 26.4 Å². The van der Waals surface area contributed by atoms with Crippen molar-refractivity contribution in [1.82, 2.24) is 0 Å². The lowest BCUT2D eigenvalue weighted by Gasteiger charge is -2.05. The van der Waals surface area contributed by atoms with E-state index in [1.54, 1.807) is 0 Å². The van der Waals surface area contributed by atoms with Gasteiger partial charge in [0.15, 0.2) is 0 Å². The lowest BCUT2D eigenvalue weighted by atomic mass is 10.2. The summed E-state index contributed by atoms with van der Waals surface area (Å²) in [5, 5.41) is 0. The van der Waals surface area contributed by atoms with Crippen LogP contribution < -0.4 is 0 Å². The minimum atomic E-state index is -0.506. The Morgan fingerprint density at radius 2 is 0.594 bits per heavy atom. The summed E-state index contributed by atoms with van der Waals surface area (Å²) in [5.41, 5.74) is 0. The second-order valence-corrected chi connectivity index (χ2v) is 8.14. The molecule has 0 unspecified atom stereocenters. The molecular formula is C26H52O6. The van der Waals surface area contributed by atoms with Crippen molar-refractivity contribution in [3.8, 4) is 0 Å². The maximum Gasteiger partial charge on any atom is 0.508 e. The van der Waals surface area contributed by atoms with Crippen molar-refractivity contribution in [2.45, 2.75) is 130 Å². The van der Waals surface area contributed by atoms with Gasteiger partial charge < -0.3 is 18.9 Å². The molecule has 0 amide bonds. The van der Waals surface area contributed by atoms with Crippen LogP contribution in [0, 0.1) is 0 Å². The second-order valence-electron chi connectivity index (χ2n) is 8.14. The van der Waals surface area contributed by atoms with E-state index in [1.807, 2.05) is 0 Å². The van der Waals surface area contributed by atoms with Gasteiger partial charge in [-0.25, -0.2) is 9.59 Å². The molecule has 192 valence electrons. The molecule has 0 aromatic rings. The van der Waals surface area contributed by atoms with E-state index in [4.69, 9.17) is 18.9 Å². The molecule has 0 fully saturated rings. The largest absolute Gasteiger partial charge is 0.508 e. The van der Waals surface area contributed by atoms with Crippen LogP contribution in [-0.2, 0) is 18.9 Å². The predicted molar refractivity (Wildman–Crippen MR) is 131 cm³/mol. The standard InChI is InChI=1S/2C13H26O3/c2*1-3-5-7-9-11-15-13(14)16-12-10-8-6-4-2/h2*3-12H2,1-2H3. The van der Waals surface area contributed by atoms with E-state index in [1.165, 1.54) is 51.4 Å². The number of ether oxygens (including phenoxy) is 4. The molecule has 0 spiro atoms. The highest BCUT2D eigenvalue weighted by molar-refractivity contribution is 5.60. The van der Waals surface area contributed by atoms with Gasteiger partial charge in [0.2, 0.25) is 0 Å². The first kappa shape index (κ1) is 32.7. The zero-order valence-corrected chi connectivity index (χ0v) is 21.6. The van der Waals surface area contributed by atoms with Gasteiger partial charge in [-0.05, 0) is 25.7 Å². The molecule has 0 aliphatic carbocycles. The minimum absolute atomic E-state index is 0.494. The van der Waals surface area contributed by atoms with E-state index in [2.05, 4.69) is 27.7 Å². The average molecular weight is 461 g/mol. The molecule has 0 aliphatic rings. The first-order valence-corrected chi connectivity index (χ1v) is 13.2. The number of rotatable bonds is 20. The Bertz CT molecular complexity index is 319. The van der Waals surface area contributed by atoms with Crippen molar-refractivity contribution >= 4 is 12.3 Å². The van der Waals surface area contributed by atoms with Crippen molar-refractivity contribution in [3.05, 3.63) is 0 Å². The normalized spacial score (nSPS) is 10.1. The van der Waals surface area contributed by atoms with Crippen LogP contribution in [0.1, 0.15) is 130 Å². The highest BCUT2D eigenvalue weighted by Gasteiger charge is 2.03. The number of carbonyl (C=O) groups excluding carboxylic acids is 2. The van der Waals surface area contributed by atoms with E-state index < -0.39 is 12.3 Å². The van der Waals surface area contributed by atoms with Crippen molar-refractivity contribution in [3.63, 3.8) is 0 Å². The molecule has 0 aromatic carbocycles. The molecule has 6 heteroatoms. The van der Waals surface area contributed by atoms with Crippen LogP contribution in [0.25, 0.3) is 0 Å². The van der Waals surface area contributed by atoms with E-state index in [0.717, 1.165) is 51.4 Å². The van der Waals surface area contributed by atoms with Gasteiger partial charge in [-0.3, -0.25) is 0 Å². The molecule has 0 aliphatic heterocycles. The molecule has 0 bridgehead atoms. The lowest BCUT2D eigenvalue weighted by molar-refractivity contribution is 0.0520. The summed E-state index contributed by atoms with van der Waals surface area (Å²) in [6, 6.07) is 0. The average Bonchev–Trinajstić information content (AvgIpc) is 2.79. The van der Waals surface area contributed by atoms with Gasteiger partial charge in [-0.2, -0.15) is 0 Å². The predicted octanol–water partition coefficient (Wildman–Crippen LogP) is 8.60. The first-order valence-electron chi connectivity index (χ1n) is 13.2. The summed E-state index contributed by atoms with van der Waals surface area (Å²) in [5.74, 6) is 0. The van der Waals surface area contributed by atoms with Gasteiger partial charge in [-0.15, -0.1) is 0 Å². The summed E-state index contributed by atoms with van der Waals surface area (Å²) >= 11 is 0. The Hall–Kier alpha value is -1.46. The van der Waals surface area contributed by atoms with Crippen LogP contribution >= 0.6 is 0 Å². The molecule has 0 saturated carbocycles. The number of carbonyl (C=O) groups is 2. The molecule has 0 radical (unpaired) electrons. The topological polar surface area (TPSA) is 71.1 Å². The van der Waals surface area contributed by atoms with Crippen LogP contribution in [0.3, 0.4) is 0 Å². The van der Waals surface area contributed by atoms with Gasteiger partial charge in [-0.1, -0.05) is 105 Å². The Balaban J connectivity index is 0. The maximum atomic E-state index is 11.1. The Morgan fingerprint density at radius 1 is 0.375 bits per heavy atom. The molecule has 0 aromatic heterocycles. The second kappa shape index (κ2) is 29.5. The summed E-state index contributed by atoms with van der Waals surface area (Å²) in [6.45, 7) is 10.6. The van der Waals surface area contributed by atoms with Crippen molar-refractivity contribution < 1.29 is 28.5 Å². The fraction of sp³-hybridized carbons (Fsp3) is 0.923. The van der Waals surface area contributed by atoms with Gasteiger partial charge in [0.25, 0.3) is 0 Å². The van der Waals surface area contributed by atoms with Crippen molar-refractivity contribution in [2.75, 3.05) is 26.4 Å². The van der Waals surface area contributed by atoms with Crippen molar-refractivity contribution in [2.24, 2.45) is 0 Å². The lowest BCUT2D eigenvalue weighted by Crippen LogP contribution is -2.09.